The lowest BCUT2D eigenvalue weighted by molar-refractivity contribution is -0.307. The second-order valence-electron chi connectivity index (χ2n) is 28.0. The second-order valence-corrected chi connectivity index (χ2v) is 28.0. The molecule has 4 rings (SSSR count). The summed E-state index contributed by atoms with van der Waals surface area (Å²) >= 11 is 0. The van der Waals surface area contributed by atoms with E-state index >= 15 is 0 Å². The highest BCUT2D eigenvalue weighted by molar-refractivity contribution is 5.96. The van der Waals surface area contributed by atoms with Crippen LogP contribution >= 0.6 is 0 Å². The highest BCUT2D eigenvalue weighted by Crippen LogP contribution is 2.39. The molecular formula is C75H117N7O27. The van der Waals surface area contributed by atoms with Crippen LogP contribution in [0.1, 0.15) is 121 Å². The Morgan fingerprint density at radius 1 is 0.642 bits per heavy atom. The van der Waals surface area contributed by atoms with Gasteiger partial charge in [-0.15, -0.1) is 0 Å². The molecule has 3 unspecified atom stereocenters. The molecule has 2 bridgehead atoms. The van der Waals surface area contributed by atoms with Gasteiger partial charge in [-0.05, 0) is 97.4 Å². The monoisotopic (exact) mass is 1550 g/mol. The number of benzene rings is 1. The number of nitrogens with two attached hydrogens (primary N) is 2. The van der Waals surface area contributed by atoms with E-state index in [1.54, 1.807) is 129 Å². The summed E-state index contributed by atoms with van der Waals surface area (Å²) in [5.41, 5.74) is 11.0. The quantitative estimate of drug-likeness (QED) is 0.0498. The minimum absolute atomic E-state index is 0.0513. The van der Waals surface area contributed by atoms with Gasteiger partial charge in [-0.1, -0.05) is 98.9 Å². The van der Waals surface area contributed by atoms with Crippen LogP contribution in [0.3, 0.4) is 0 Å². The third-order valence-electron chi connectivity index (χ3n) is 17.4. The Bertz CT molecular complexity index is 3170. The number of Topliss-reactive ketones (excluding diaryl/α,β-unsaturated/α-hetero) is 2. The molecule has 0 saturated carbocycles. The lowest BCUT2D eigenvalue weighted by Crippen LogP contribution is -2.64. The molecule has 1 aromatic carbocycles. The number of ketones is 2. The van der Waals surface area contributed by atoms with Crippen LogP contribution in [0.2, 0.25) is 0 Å². The predicted molar refractivity (Wildman–Crippen MR) is 397 cm³/mol. The Morgan fingerprint density at radius 3 is 1.66 bits per heavy atom. The zero-order chi connectivity index (χ0) is 82.3. The van der Waals surface area contributed by atoms with Gasteiger partial charge in [-0.3, -0.25) is 43.2 Å². The smallest absolute Gasteiger partial charge is 0.321 e. The van der Waals surface area contributed by atoms with E-state index in [2.05, 4.69) is 16.0 Å². The normalized spacial score (nSPS) is 31.2. The maximum Gasteiger partial charge on any atom is 0.321 e. The molecule has 21 atom stereocenters. The molecule has 3 aliphatic rings. The van der Waals surface area contributed by atoms with Crippen molar-refractivity contribution in [2.24, 2.45) is 29.2 Å². The van der Waals surface area contributed by atoms with Gasteiger partial charge in [0.05, 0.1) is 98.8 Å². The van der Waals surface area contributed by atoms with Gasteiger partial charge < -0.3 is 128 Å². The van der Waals surface area contributed by atoms with Gasteiger partial charge in [0, 0.05) is 75.8 Å². The highest BCUT2D eigenvalue weighted by atomic mass is 16.7. The highest BCUT2D eigenvalue weighted by Gasteiger charge is 2.51. The van der Waals surface area contributed by atoms with Crippen LogP contribution in [-0.4, -0.2) is 299 Å². The number of ether oxygens (including phenoxy) is 4. The first-order valence-corrected chi connectivity index (χ1v) is 35.9. The van der Waals surface area contributed by atoms with Gasteiger partial charge in [0.2, 0.25) is 11.8 Å². The Morgan fingerprint density at radius 2 is 1.16 bits per heavy atom. The molecule has 2 saturated heterocycles. The van der Waals surface area contributed by atoms with Crippen molar-refractivity contribution in [1.29, 1.82) is 0 Å². The van der Waals surface area contributed by atoms with Crippen molar-refractivity contribution >= 4 is 58.9 Å². The summed E-state index contributed by atoms with van der Waals surface area (Å²) < 4.78 is 24.6. The Kier molecular flexibility index (Phi) is 45.4. The fraction of sp³-hybridized carbons (Fsp3) is 0.613. The zero-order valence-electron chi connectivity index (χ0n) is 63.1. The van der Waals surface area contributed by atoms with E-state index in [1.807, 2.05) is 38.9 Å². The summed E-state index contributed by atoms with van der Waals surface area (Å²) in [6.45, 7) is 5.81. The predicted octanol–water partition coefficient (Wildman–Crippen LogP) is -0.196. The van der Waals surface area contributed by atoms with Crippen molar-refractivity contribution in [1.82, 2.24) is 20.4 Å². The molecule has 3 heterocycles. The topological polar surface area (TPSA) is 568 Å². The molecule has 3 aliphatic heterocycles. The molecule has 0 spiro atoms. The number of nitrogens with zero attached hydrogens (tertiary/aromatic N) is 2. The van der Waals surface area contributed by atoms with Crippen molar-refractivity contribution < 1.29 is 134 Å². The van der Waals surface area contributed by atoms with Crippen molar-refractivity contribution in [2.75, 3.05) is 60.2 Å². The molecule has 0 aliphatic carbocycles. The number of aliphatic hydroxyl groups is 10. The molecule has 0 aromatic heterocycles. The van der Waals surface area contributed by atoms with Crippen LogP contribution < -0.4 is 27.4 Å². The number of allylic oxidation sites excluding steroid dienone is 12. The molecule has 21 N–H and O–H groups in total. The van der Waals surface area contributed by atoms with Gasteiger partial charge in [0.25, 0.3) is 0 Å². The van der Waals surface area contributed by atoms with Crippen molar-refractivity contribution in [3.05, 3.63) is 115 Å². The second kappa shape index (κ2) is 50.8. The number of esters is 1. The van der Waals surface area contributed by atoms with Crippen molar-refractivity contribution in [3.8, 4) is 0 Å². The minimum atomic E-state index is -2.32. The summed E-state index contributed by atoms with van der Waals surface area (Å²) in [4.78, 5) is 109. The van der Waals surface area contributed by atoms with Crippen LogP contribution in [0, 0.1) is 17.8 Å². The van der Waals surface area contributed by atoms with E-state index < -0.39 is 227 Å². The number of carboxylic acids is 4. The Hall–Kier alpha value is -7.85. The van der Waals surface area contributed by atoms with Crippen LogP contribution in [0.15, 0.2) is 109 Å². The third-order valence-corrected chi connectivity index (χ3v) is 17.4. The average Bonchev–Trinajstić information content (AvgIpc) is 0.784. The van der Waals surface area contributed by atoms with Crippen molar-refractivity contribution in [2.45, 2.75) is 220 Å². The number of anilines is 1. The summed E-state index contributed by atoms with van der Waals surface area (Å²) in [5.74, 6) is -12.1. The van der Waals surface area contributed by atoms with E-state index in [9.17, 15) is 94.2 Å². The molecular weight excluding hydrogens is 1430 g/mol. The molecule has 2 fully saturated rings. The van der Waals surface area contributed by atoms with Gasteiger partial charge in [0.15, 0.2) is 17.9 Å². The van der Waals surface area contributed by atoms with Crippen molar-refractivity contribution in [3.63, 3.8) is 0 Å². The minimum Gasteiger partial charge on any atom is -0.481 e. The van der Waals surface area contributed by atoms with E-state index in [0.29, 0.717) is 18.5 Å². The average molecular weight is 1550 g/mol. The summed E-state index contributed by atoms with van der Waals surface area (Å²) in [6, 6.07) is 3.10. The molecule has 34 heteroatoms. The first kappa shape index (κ1) is 97.2. The summed E-state index contributed by atoms with van der Waals surface area (Å²) in [5, 5.41) is 153. The summed E-state index contributed by atoms with van der Waals surface area (Å²) in [7, 11) is 8.75. The van der Waals surface area contributed by atoms with Crippen LogP contribution in [0.25, 0.3) is 0 Å². The molecule has 0 radical (unpaired) electrons. The van der Waals surface area contributed by atoms with E-state index in [4.69, 9.17) is 50.8 Å². The molecule has 1 aromatic rings. The number of hydrogen-bond acceptors (Lipinski definition) is 28. The van der Waals surface area contributed by atoms with E-state index in [1.165, 1.54) is 6.92 Å². The van der Waals surface area contributed by atoms with E-state index in [-0.39, 0.29) is 50.0 Å². The number of carboxylic acid groups (broad SMARTS) is 4. The number of likely N-dealkylation sites (N-methyl/N-ethyl adjacent to an activating group) is 2. The molecule has 109 heavy (non-hydrogen) atoms. The first-order valence-electron chi connectivity index (χ1n) is 35.9. The fourth-order valence-electron chi connectivity index (χ4n) is 11.8. The maximum absolute atomic E-state index is 14.0. The Balaban J connectivity index is 0.00000197. The van der Waals surface area contributed by atoms with E-state index in [0.717, 1.165) is 5.69 Å². The standard InChI is InChI=1S/C67H103N5O19.2C4H7NO4/c1-42-21-19-17-15-13-11-9-10-12-14-16-18-20-22-54(89-66-63(85)61(62(84)44(3)88-66)70-58(82)41-72(7)8)38-57-60(65(86)69-29-30-71(5)6)56(81)40-67(87,91-57)39-53(79)35-51(77)33-49(75)31-48(74)32-50(76)34-52(78)37-59(83)90-64(42)43(2)23-28-47(73)36-55(80)45-24-26-46(68-4)27-25-45;2*5-2(4(8)9)1-3(6)7/h9-22,24-27,42-44,47-49,51-54,56-57,60-64,66,68,73-75,77-79,81,84-85,87H,23,28-41H2,1-8H3,(H,69,86)(H,70,82);2*2H,1,5H2,(H,6,7)(H,8,9)/b10-9-,13-11-,14-12+,17-15+,18-16+,21-19+,22-20+;;/t42?,43-,44+,47?,48+,49-,51-,52+,53-,54-,56-,57-,60+,61-,62+,63-,64?,66-,67+;2*2-/m000/s1. The third kappa shape index (κ3) is 40.1. The number of carbonyl (C=O) groups excluding carboxylic acids is 5. The lowest BCUT2D eigenvalue weighted by Gasteiger charge is -2.46. The molecule has 34 nitrogen and oxygen atoms in total. The number of cyclic esters (lactones) is 1. The largest absolute Gasteiger partial charge is 0.481 e. The number of fused-ring (bicyclic) bond motifs is 2. The number of aliphatic carboxylic acids is 4. The molecule has 2 amide bonds. The number of aliphatic hydroxyl groups excluding tert-OH is 9. The Labute approximate surface area is 635 Å². The zero-order valence-corrected chi connectivity index (χ0v) is 63.1. The van der Waals surface area contributed by atoms with Gasteiger partial charge >= 0.3 is 29.8 Å². The van der Waals surface area contributed by atoms with Crippen LogP contribution in [0.4, 0.5) is 5.69 Å². The van der Waals surface area contributed by atoms with Gasteiger partial charge in [-0.2, -0.15) is 0 Å². The number of carbonyl (C=O) groups is 9. The lowest BCUT2D eigenvalue weighted by atomic mass is 9.82. The SMILES string of the molecule is CNc1ccc(C(=O)CC(O)CC[C@H](C)C2OC(=O)C[C@H](O)CC(=O)C[C@H](O)C[C@H](O)C[C@H](O)C[C@H](O)C[C@]3(O)C[C@H](O)[C@@H](C(=O)NCCN(C)C)[C@H](C[C@@H](O[C@@H]4O[C@H](C)[C@@H](O)[C@H](NC(=O)CN(C)C)[C@@H]4O)/C=C/C=C/C=C/C=C\C=C/C=C/C=C/C2C)O3)cc1.N[C@@H](CC(=O)O)C(=O)O.N[C@@H](CC(=O)O)C(=O)O. The maximum atomic E-state index is 14.0. The first-order chi connectivity index (χ1) is 51.1. The van der Waals surface area contributed by atoms with Gasteiger partial charge in [-0.25, -0.2) is 0 Å². The molecule has 614 valence electrons. The number of rotatable bonds is 23. The van der Waals surface area contributed by atoms with Crippen LogP contribution in [0.5, 0.6) is 0 Å². The summed E-state index contributed by atoms with van der Waals surface area (Å²) in [6.07, 6.45) is 1.12. The van der Waals surface area contributed by atoms with Gasteiger partial charge in [0.1, 0.15) is 36.2 Å². The number of hydrogen-bond donors (Lipinski definition) is 19. The fourth-order valence-corrected chi connectivity index (χ4v) is 11.8. The number of nitrogens with one attached hydrogen (secondary N) is 3. The van der Waals surface area contributed by atoms with Crippen LogP contribution in [-0.2, 0) is 57.3 Å². The number of amides is 2.